The maximum Gasteiger partial charge on any atom is 0.408 e. The number of aromatic nitrogens is 1. The van der Waals surface area contributed by atoms with Crippen molar-refractivity contribution in [3.8, 4) is 11.8 Å². The van der Waals surface area contributed by atoms with Gasteiger partial charge < -0.3 is 14.8 Å². The molecule has 0 radical (unpaired) electrons. The number of amides is 1. The Morgan fingerprint density at radius 1 is 1.38 bits per heavy atom. The lowest BCUT2D eigenvalue weighted by Gasteiger charge is -2.19. The third kappa shape index (κ3) is 5.95. The molecule has 0 fully saturated rings. The molecule has 6 heteroatoms. The molecule has 0 aliphatic heterocycles. The molecule has 0 aliphatic carbocycles. The van der Waals surface area contributed by atoms with Gasteiger partial charge in [-0.1, -0.05) is 11.8 Å². The van der Waals surface area contributed by atoms with E-state index in [0.29, 0.717) is 11.1 Å². The SMILES string of the molecule is COC(=O)c1ccncc1C#CCNC(=O)OC(C)(C)C. The van der Waals surface area contributed by atoms with Gasteiger partial charge in [-0.25, -0.2) is 9.59 Å². The van der Waals surface area contributed by atoms with E-state index in [2.05, 4.69) is 26.9 Å². The quantitative estimate of drug-likeness (QED) is 0.663. The Hall–Kier alpha value is -2.55. The Morgan fingerprint density at radius 3 is 2.71 bits per heavy atom. The normalized spacial score (nSPS) is 10.1. The van der Waals surface area contributed by atoms with E-state index in [-0.39, 0.29) is 6.54 Å². The number of hydrogen-bond acceptors (Lipinski definition) is 5. The lowest BCUT2D eigenvalue weighted by atomic mass is 10.1. The van der Waals surface area contributed by atoms with Gasteiger partial charge in [0.05, 0.1) is 24.8 Å². The van der Waals surface area contributed by atoms with Crippen LogP contribution >= 0.6 is 0 Å². The summed E-state index contributed by atoms with van der Waals surface area (Å²) in [6.45, 7) is 5.42. The summed E-state index contributed by atoms with van der Waals surface area (Å²) in [4.78, 5) is 26.8. The minimum Gasteiger partial charge on any atom is -0.465 e. The molecule has 0 saturated heterocycles. The van der Waals surface area contributed by atoms with Crippen LogP contribution in [0, 0.1) is 11.8 Å². The number of methoxy groups -OCH3 is 1. The summed E-state index contributed by atoms with van der Waals surface area (Å²) in [5.74, 6) is 5.01. The van der Waals surface area contributed by atoms with Crippen LogP contribution in [0.4, 0.5) is 4.79 Å². The summed E-state index contributed by atoms with van der Waals surface area (Å²) in [7, 11) is 1.30. The van der Waals surface area contributed by atoms with Crippen LogP contribution in [-0.4, -0.2) is 36.3 Å². The number of carbonyl (C=O) groups is 2. The second kappa shape index (κ2) is 7.29. The molecule has 0 saturated carbocycles. The Morgan fingerprint density at radius 2 is 2.10 bits per heavy atom. The number of pyridine rings is 1. The average molecular weight is 290 g/mol. The molecule has 1 rings (SSSR count). The maximum atomic E-state index is 11.5. The van der Waals surface area contributed by atoms with Gasteiger partial charge in [0.25, 0.3) is 0 Å². The third-order valence-corrected chi connectivity index (χ3v) is 2.17. The zero-order valence-corrected chi connectivity index (χ0v) is 12.5. The Balaban J connectivity index is 2.64. The van der Waals surface area contributed by atoms with Gasteiger partial charge >= 0.3 is 12.1 Å². The third-order valence-electron chi connectivity index (χ3n) is 2.17. The summed E-state index contributed by atoms with van der Waals surface area (Å²) in [5, 5.41) is 2.50. The molecular formula is C15H18N2O4. The molecule has 0 aliphatic rings. The standard InChI is InChI=1S/C15H18N2O4/c1-15(2,3)21-14(19)17-8-5-6-11-10-16-9-7-12(11)13(18)20-4/h7,9-10H,8H2,1-4H3,(H,17,19). The first-order valence-electron chi connectivity index (χ1n) is 6.31. The van der Waals surface area contributed by atoms with Crippen molar-refractivity contribution in [1.82, 2.24) is 10.3 Å². The van der Waals surface area contributed by atoms with Crippen molar-refractivity contribution < 1.29 is 19.1 Å². The fourth-order valence-electron chi connectivity index (χ4n) is 1.35. The molecule has 1 aromatic rings. The highest BCUT2D eigenvalue weighted by Gasteiger charge is 2.15. The molecule has 0 spiro atoms. The average Bonchev–Trinajstić information content (AvgIpc) is 2.41. The molecule has 1 amide bonds. The first kappa shape index (κ1) is 16.5. The van der Waals surface area contributed by atoms with Gasteiger partial charge in [0.15, 0.2) is 0 Å². The Labute approximate surface area is 123 Å². The molecule has 6 nitrogen and oxygen atoms in total. The van der Waals surface area contributed by atoms with Gasteiger partial charge in [-0.3, -0.25) is 4.98 Å². The van der Waals surface area contributed by atoms with Crippen molar-refractivity contribution in [3.63, 3.8) is 0 Å². The summed E-state index contributed by atoms with van der Waals surface area (Å²) >= 11 is 0. The number of ether oxygens (including phenoxy) is 2. The number of hydrogen-bond donors (Lipinski definition) is 1. The fraction of sp³-hybridized carbons (Fsp3) is 0.400. The highest BCUT2D eigenvalue weighted by atomic mass is 16.6. The lowest BCUT2D eigenvalue weighted by molar-refractivity contribution is 0.0533. The predicted octanol–water partition coefficient (Wildman–Crippen LogP) is 1.74. The van der Waals surface area contributed by atoms with Crippen LogP contribution < -0.4 is 5.32 Å². The smallest absolute Gasteiger partial charge is 0.408 e. The Kier molecular flexibility index (Phi) is 5.73. The van der Waals surface area contributed by atoms with E-state index in [0.717, 1.165) is 0 Å². The van der Waals surface area contributed by atoms with Crippen molar-refractivity contribution in [2.45, 2.75) is 26.4 Å². The number of carbonyl (C=O) groups excluding carboxylic acids is 2. The molecular weight excluding hydrogens is 272 g/mol. The van der Waals surface area contributed by atoms with Crippen molar-refractivity contribution in [1.29, 1.82) is 0 Å². The number of nitrogens with one attached hydrogen (secondary N) is 1. The van der Waals surface area contributed by atoms with Crippen LogP contribution in [-0.2, 0) is 9.47 Å². The van der Waals surface area contributed by atoms with Crippen molar-refractivity contribution in [2.75, 3.05) is 13.7 Å². The fourth-order valence-corrected chi connectivity index (χ4v) is 1.35. The molecule has 0 aromatic carbocycles. The van der Waals surface area contributed by atoms with Crippen LogP contribution in [0.25, 0.3) is 0 Å². The topological polar surface area (TPSA) is 77.5 Å². The molecule has 0 atom stereocenters. The van der Waals surface area contributed by atoms with E-state index >= 15 is 0 Å². The molecule has 1 aromatic heterocycles. The second-order valence-electron chi connectivity index (χ2n) is 5.07. The lowest BCUT2D eigenvalue weighted by Crippen LogP contribution is -2.32. The van der Waals surface area contributed by atoms with E-state index in [1.807, 2.05) is 0 Å². The van der Waals surface area contributed by atoms with Crippen molar-refractivity contribution in [2.24, 2.45) is 0 Å². The molecule has 1 heterocycles. The Bertz CT molecular complexity index is 579. The van der Waals surface area contributed by atoms with Gasteiger partial charge in [0.2, 0.25) is 0 Å². The molecule has 0 unspecified atom stereocenters. The van der Waals surface area contributed by atoms with Crippen molar-refractivity contribution in [3.05, 3.63) is 29.6 Å². The van der Waals surface area contributed by atoms with Crippen molar-refractivity contribution >= 4 is 12.1 Å². The summed E-state index contributed by atoms with van der Waals surface area (Å²) in [5.41, 5.74) is 0.214. The number of rotatable bonds is 2. The zero-order chi connectivity index (χ0) is 15.9. The van der Waals surface area contributed by atoms with Crippen LogP contribution in [0.3, 0.4) is 0 Å². The van der Waals surface area contributed by atoms with E-state index < -0.39 is 17.7 Å². The molecule has 1 N–H and O–H groups in total. The minimum absolute atomic E-state index is 0.102. The summed E-state index contributed by atoms with van der Waals surface area (Å²) in [6.07, 6.45) is 2.40. The number of esters is 1. The first-order chi connectivity index (χ1) is 9.83. The van der Waals surface area contributed by atoms with Crippen LogP contribution in [0.15, 0.2) is 18.5 Å². The van der Waals surface area contributed by atoms with Gasteiger partial charge in [-0.2, -0.15) is 0 Å². The number of alkyl carbamates (subject to hydrolysis) is 1. The summed E-state index contributed by atoms with van der Waals surface area (Å²) in [6, 6.07) is 1.52. The van der Waals surface area contributed by atoms with Gasteiger partial charge in [-0.05, 0) is 26.8 Å². The van der Waals surface area contributed by atoms with E-state index in [1.165, 1.54) is 25.6 Å². The maximum absolute atomic E-state index is 11.5. The van der Waals surface area contributed by atoms with Crippen LogP contribution in [0.2, 0.25) is 0 Å². The van der Waals surface area contributed by atoms with Gasteiger partial charge in [0.1, 0.15) is 5.60 Å². The van der Waals surface area contributed by atoms with E-state index in [1.54, 1.807) is 20.8 Å². The van der Waals surface area contributed by atoms with Crippen LogP contribution in [0.1, 0.15) is 36.7 Å². The largest absolute Gasteiger partial charge is 0.465 e. The predicted molar refractivity (Wildman–Crippen MR) is 76.7 cm³/mol. The molecule has 0 bridgehead atoms. The molecule has 112 valence electrons. The number of nitrogens with zero attached hydrogens (tertiary/aromatic N) is 1. The van der Waals surface area contributed by atoms with E-state index in [4.69, 9.17) is 4.74 Å². The van der Waals surface area contributed by atoms with Gasteiger partial charge in [-0.15, -0.1) is 0 Å². The highest BCUT2D eigenvalue weighted by Crippen LogP contribution is 2.07. The minimum atomic E-state index is -0.557. The van der Waals surface area contributed by atoms with Gasteiger partial charge in [0, 0.05) is 12.4 Å². The first-order valence-corrected chi connectivity index (χ1v) is 6.31. The second-order valence-corrected chi connectivity index (χ2v) is 5.07. The van der Waals surface area contributed by atoms with Crippen LogP contribution in [0.5, 0.6) is 0 Å². The van der Waals surface area contributed by atoms with E-state index in [9.17, 15) is 9.59 Å². The monoisotopic (exact) mass is 290 g/mol. The highest BCUT2D eigenvalue weighted by molar-refractivity contribution is 5.92. The zero-order valence-electron chi connectivity index (χ0n) is 12.5. The summed E-state index contributed by atoms with van der Waals surface area (Å²) < 4.78 is 9.72. The molecule has 21 heavy (non-hydrogen) atoms.